The summed E-state index contributed by atoms with van der Waals surface area (Å²) in [6.07, 6.45) is 12.7. The second-order valence-electron chi connectivity index (χ2n) is 4.76. The van der Waals surface area contributed by atoms with Crippen molar-refractivity contribution in [2.24, 2.45) is 0 Å². The van der Waals surface area contributed by atoms with Crippen molar-refractivity contribution in [3.05, 3.63) is 12.2 Å². The summed E-state index contributed by atoms with van der Waals surface area (Å²) in [5.74, 6) is -0.00966. The maximum Gasteiger partial charge on any atom is 0.246 e. The Bertz CT molecular complexity index is 211. The van der Waals surface area contributed by atoms with Crippen LogP contribution in [0.1, 0.15) is 71.1 Å². The van der Waals surface area contributed by atoms with Crippen LogP contribution in [-0.2, 0) is 4.79 Å². The predicted molar refractivity (Wildman–Crippen MR) is 75.1 cm³/mol. The van der Waals surface area contributed by atoms with E-state index in [1.54, 1.807) is 7.05 Å². The number of amides is 1. The number of hydrogen-bond acceptors (Lipinski definition) is 1. The third-order valence-electron chi connectivity index (χ3n) is 3.13. The minimum atomic E-state index is -0.00966. The normalized spacial score (nSPS) is 10.2. The van der Waals surface area contributed by atoms with Gasteiger partial charge in [0.15, 0.2) is 0 Å². The molecular weight excluding hydrogens is 210 g/mol. The van der Waals surface area contributed by atoms with Crippen molar-refractivity contribution < 1.29 is 4.79 Å². The minimum Gasteiger partial charge on any atom is -0.355 e. The zero-order valence-corrected chi connectivity index (χ0v) is 11.7. The number of rotatable bonds is 11. The van der Waals surface area contributed by atoms with E-state index in [0.29, 0.717) is 0 Å². The Hall–Kier alpha value is -0.790. The van der Waals surface area contributed by atoms with Crippen molar-refractivity contribution in [1.82, 2.24) is 5.32 Å². The summed E-state index contributed by atoms with van der Waals surface area (Å²) in [7, 11) is 1.66. The SMILES string of the molecule is C=C(CCCCCCCCCCC)C(=O)NC. The van der Waals surface area contributed by atoms with Gasteiger partial charge in [-0.1, -0.05) is 64.9 Å². The number of likely N-dealkylation sites (N-methyl/N-ethyl adjacent to an activating group) is 1. The third-order valence-corrected chi connectivity index (χ3v) is 3.13. The fraction of sp³-hybridized carbons (Fsp3) is 0.800. The molecule has 1 amide bonds. The van der Waals surface area contributed by atoms with E-state index in [-0.39, 0.29) is 5.91 Å². The molecule has 0 spiro atoms. The van der Waals surface area contributed by atoms with Crippen LogP contribution >= 0.6 is 0 Å². The number of carbonyl (C=O) groups excluding carboxylic acids is 1. The molecule has 0 saturated carbocycles. The van der Waals surface area contributed by atoms with Crippen LogP contribution in [0.4, 0.5) is 0 Å². The van der Waals surface area contributed by atoms with E-state index < -0.39 is 0 Å². The smallest absolute Gasteiger partial charge is 0.246 e. The molecule has 0 fully saturated rings. The molecule has 0 aromatic heterocycles. The monoisotopic (exact) mass is 239 g/mol. The van der Waals surface area contributed by atoms with Crippen molar-refractivity contribution in [1.29, 1.82) is 0 Å². The summed E-state index contributed by atoms with van der Waals surface area (Å²) < 4.78 is 0. The zero-order valence-electron chi connectivity index (χ0n) is 11.7. The summed E-state index contributed by atoms with van der Waals surface area (Å²) in [5.41, 5.74) is 0.718. The van der Waals surface area contributed by atoms with E-state index in [1.165, 1.54) is 51.4 Å². The molecule has 17 heavy (non-hydrogen) atoms. The highest BCUT2D eigenvalue weighted by atomic mass is 16.1. The fourth-order valence-corrected chi connectivity index (χ4v) is 1.94. The van der Waals surface area contributed by atoms with Crippen LogP contribution in [0.2, 0.25) is 0 Å². The zero-order chi connectivity index (χ0) is 12.9. The lowest BCUT2D eigenvalue weighted by molar-refractivity contribution is -0.117. The summed E-state index contributed by atoms with van der Waals surface area (Å²) in [4.78, 5) is 11.2. The molecule has 0 rings (SSSR count). The molecular formula is C15H29NO. The first kappa shape index (κ1) is 16.2. The van der Waals surface area contributed by atoms with E-state index in [2.05, 4.69) is 18.8 Å². The van der Waals surface area contributed by atoms with Crippen LogP contribution in [-0.4, -0.2) is 13.0 Å². The molecule has 0 bridgehead atoms. The van der Waals surface area contributed by atoms with Gasteiger partial charge in [0.2, 0.25) is 5.91 Å². The van der Waals surface area contributed by atoms with Crippen LogP contribution in [0.5, 0.6) is 0 Å². The van der Waals surface area contributed by atoms with Gasteiger partial charge in [-0.3, -0.25) is 4.79 Å². The van der Waals surface area contributed by atoms with Crippen molar-refractivity contribution >= 4 is 5.91 Å². The topological polar surface area (TPSA) is 29.1 Å². The number of unbranched alkanes of at least 4 members (excludes halogenated alkanes) is 8. The van der Waals surface area contributed by atoms with Crippen LogP contribution in [0.15, 0.2) is 12.2 Å². The Morgan fingerprint density at radius 2 is 1.41 bits per heavy atom. The molecule has 0 aliphatic carbocycles. The summed E-state index contributed by atoms with van der Waals surface area (Å²) in [6, 6.07) is 0. The van der Waals surface area contributed by atoms with E-state index in [9.17, 15) is 4.79 Å². The van der Waals surface area contributed by atoms with Crippen molar-refractivity contribution in [3.63, 3.8) is 0 Å². The maximum absolute atomic E-state index is 11.2. The Labute approximate surface area is 107 Å². The van der Waals surface area contributed by atoms with Crippen LogP contribution in [0.3, 0.4) is 0 Å². The fourth-order valence-electron chi connectivity index (χ4n) is 1.94. The molecule has 0 aromatic rings. The Kier molecular flexibility index (Phi) is 11.1. The Morgan fingerprint density at radius 1 is 0.941 bits per heavy atom. The first-order chi connectivity index (χ1) is 8.22. The van der Waals surface area contributed by atoms with E-state index in [4.69, 9.17) is 0 Å². The first-order valence-corrected chi connectivity index (χ1v) is 7.12. The molecule has 1 N–H and O–H groups in total. The van der Waals surface area contributed by atoms with Gasteiger partial charge in [0.1, 0.15) is 0 Å². The maximum atomic E-state index is 11.2. The highest BCUT2D eigenvalue weighted by molar-refractivity contribution is 5.92. The van der Waals surface area contributed by atoms with Gasteiger partial charge in [0, 0.05) is 12.6 Å². The molecule has 0 heterocycles. The van der Waals surface area contributed by atoms with Gasteiger partial charge in [-0.2, -0.15) is 0 Å². The lowest BCUT2D eigenvalue weighted by Crippen LogP contribution is -2.19. The summed E-state index contributed by atoms with van der Waals surface area (Å²) in [6.45, 7) is 6.03. The molecule has 0 radical (unpaired) electrons. The van der Waals surface area contributed by atoms with Crippen molar-refractivity contribution in [2.45, 2.75) is 71.1 Å². The molecule has 0 atom stereocenters. The predicted octanol–water partition coefficient (Wildman–Crippen LogP) is 4.21. The van der Waals surface area contributed by atoms with Gasteiger partial charge >= 0.3 is 0 Å². The quantitative estimate of drug-likeness (QED) is 0.425. The largest absolute Gasteiger partial charge is 0.355 e. The second kappa shape index (κ2) is 11.7. The van der Waals surface area contributed by atoms with Crippen LogP contribution in [0.25, 0.3) is 0 Å². The van der Waals surface area contributed by atoms with Crippen molar-refractivity contribution in [3.8, 4) is 0 Å². The number of nitrogens with one attached hydrogen (secondary N) is 1. The van der Waals surface area contributed by atoms with Gasteiger partial charge in [-0.15, -0.1) is 0 Å². The molecule has 0 aromatic carbocycles. The lowest BCUT2D eigenvalue weighted by Gasteiger charge is -2.04. The second-order valence-corrected chi connectivity index (χ2v) is 4.76. The molecule has 0 unspecified atom stereocenters. The van der Waals surface area contributed by atoms with Crippen LogP contribution in [0, 0.1) is 0 Å². The van der Waals surface area contributed by atoms with Crippen molar-refractivity contribution in [2.75, 3.05) is 7.05 Å². The minimum absolute atomic E-state index is 0.00966. The van der Waals surface area contributed by atoms with Crippen LogP contribution < -0.4 is 5.32 Å². The first-order valence-electron chi connectivity index (χ1n) is 7.12. The Balaban J connectivity index is 3.18. The number of hydrogen-bond donors (Lipinski definition) is 1. The highest BCUT2D eigenvalue weighted by Gasteiger charge is 2.02. The molecule has 0 aliphatic heterocycles. The highest BCUT2D eigenvalue weighted by Crippen LogP contribution is 2.12. The summed E-state index contributed by atoms with van der Waals surface area (Å²) >= 11 is 0. The lowest BCUT2D eigenvalue weighted by atomic mass is 10.0. The van der Waals surface area contributed by atoms with E-state index >= 15 is 0 Å². The average Bonchev–Trinajstić information content (AvgIpc) is 2.35. The van der Waals surface area contributed by atoms with Gasteiger partial charge in [0.05, 0.1) is 0 Å². The van der Waals surface area contributed by atoms with Gasteiger partial charge in [-0.05, 0) is 12.8 Å². The van der Waals surface area contributed by atoms with Gasteiger partial charge in [-0.25, -0.2) is 0 Å². The Morgan fingerprint density at radius 3 is 1.88 bits per heavy atom. The molecule has 100 valence electrons. The summed E-state index contributed by atoms with van der Waals surface area (Å²) in [5, 5.41) is 2.61. The molecule has 0 aliphatic rings. The van der Waals surface area contributed by atoms with E-state index in [0.717, 1.165) is 18.4 Å². The third kappa shape index (κ3) is 10.1. The molecule has 2 heteroatoms. The average molecular weight is 239 g/mol. The molecule has 2 nitrogen and oxygen atoms in total. The van der Waals surface area contributed by atoms with Gasteiger partial charge < -0.3 is 5.32 Å². The standard InChI is InChI=1S/C15H29NO/c1-4-5-6-7-8-9-10-11-12-13-14(2)15(17)16-3/h2,4-13H2,1,3H3,(H,16,17). The molecule has 0 saturated heterocycles. The van der Waals surface area contributed by atoms with Gasteiger partial charge in [0.25, 0.3) is 0 Å². The van der Waals surface area contributed by atoms with E-state index in [1.807, 2.05) is 0 Å². The number of carbonyl (C=O) groups is 1.